The number of rotatable bonds is 6. The van der Waals surface area contributed by atoms with Gasteiger partial charge in [0.2, 0.25) is 0 Å². The average Bonchev–Trinajstić information content (AvgIpc) is 3.56. The Morgan fingerprint density at radius 2 is 1.72 bits per heavy atom. The van der Waals surface area contributed by atoms with Crippen molar-refractivity contribution in [1.82, 2.24) is 23.7 Å². The van der Waals surface area contributed by atoms with Crippen molar-refractivity contribution >= 4 is 32.6 Å². The van der Waals surface area contributed by atoms with Crippen LogP contribution in [0.3, 0.4) is 0 Å². The van der Waals surface area contributed by atoms with E-state index in [1.165, 1.54) is 35.2 Å². The maximum atomic E-state index is 13.3. The van der Waals surface area contributed by atoms with Crippen LogP contribution < -0.4 is 4.90 Å². The minimum absolute atomic E-state index is 0.00115. The molecular formula is C25H31FN6O2S2. The molecule has 2 aromatic heterocycles. The van der Waals surface area contributed by atoms with Crippen molar-refractivity contribution in [2.24, 2.45) is 0 Å². The van der Waals surface area contributed by atoms with Crippen LogP contribution in [0, 0.1) is 5.82 Å². The van der Waals surface area contributed by atoms with Crippen molar-refractivity contribution in [1.29, 1.82) is 0 Å². The van der Waals surface area contributed by atoms with Crippen molar-refractivity contribution in [3.05, 3.63) is 65.6 Å². The summed E-state index contributed by atoms with van der Waals surface area (Å²) in [6.45, 7) is 6.55. The summed E-state index contributed by atoms with van der Waals surface area (Å²) in [5.74, 6) is -0.255. The number of likely N-dealkylation sites (N-methyl/N-ethyl adjacent to an activating group) is 1. The number of hydrogen-bond donors (Lipinski definition) is 0. The van der Waals surface area contributed by atoms with Crippen LogP contribution in [0.25, 0.3) is 6.08 Å². The summed E-state index contributed by atoms with van der Waals surface area (Å²) in [5.41, 5.74) is 3.14. The molecule has 4 heterocycles. The fourth-order valence-electron chi connectivity index (χ4n) is 4.66. The zero-order valence-corrected chi connectivity index (χ0v) is 22.2. The molecule has 1 atom stereocenters. The Morgan fingerprint density at radius 1 is 1.03 bits per heavy atom. The standard InChI is InChI=1S/C25H31FN6O2S2/c1-19(21-3-5-22(26)6-4-21)32-18-27-16-23(32)15-20-7-9-31(10-8-20)36(33,34)24-17-28-25(35-24)30-13-11-29(2)12-14-30/h3-6,15-19H,7-14H2,1-2H3/t19-/m1/s1. The van der Waals surface area contributed by atoms with Crippen LogP contribution in [0.2, 0.25) is 0 Å². The summed E-state index contributed by atoms with van der Waals surface area (Å²) in [5, 5.41) is 0.780. The lowest BCUT2D eigenvalue weighted by Gasteiger charge is -2.32. The van der Waals surface area contributed by atoms with Gasteiger partial charge in [-0.25, -0.2) is 22.8 Å². The smallest absolute Gasteiger partial charge is 0.254 e. The monoisotopic (exact) mass is 530 g/mol. The first-order valence-corrected chi connectivity index (χ1v) is 14.4. The third-order valence-corrected chi connectivity index (χ3v) is 10.4. The number of piperazine rings is 1. The molecule has 36 heavy (non-hydrogen) atoms. The van der Waals surface area contributed by atoms with E-state index in [2.05, 4.69) is 44.4 Å². The predicted octanol–water partition coefficient (Wildman–Crippen LogP) is 3.71. The lowest BCUT2D eigenvalue weighted by molar-refractivity contribution is 0.313. The molecular weight excluding hydrogens is 499 g/mol. The summed E-state index contributed by atoms with van der Waals surface area (Å²) >= 11 is 1.27. The van der Waals surface area contributed by atoms with Gasteiger partial charge in [-0.2, -0.15) is 4.31 Å². The van der Waals surface area contributed by atoms with E-state index in [0.717, 1.165) is 42.6 Å². The predicted molar refractivity (Wildman–Crippen MR) is 140 cm³/mol. The van der Waals surface area contributed by atoms with Crippen LogP contribution in [0.4, 0.5) is 9.52 Å². The molecule has 192 valence electrons. The number of nitrogens with zero attached hydrogens (tertiary/aromatic N) is 6. The number of piperidine rings is 1. The van der Waals surface area contributed by atoms with E-state index < -0.39 is 10.0 Å². The number of aromatic nitrogens is 3. The zero-order chi connectivity index (χ0) is 25.3. The largest absolute Gasteiger partial charge is 0.345 e. The number of anilines is 1. The van der Waals surface area contributed by atoms with E-state index >= 15 is 0 Å². The zero-order valence-electron chi connectivity index (χ0n) is 20.5. The molecule has 3 aromatic rings. The lowest BCUT2D eigenvalue weighted by atomic mass is 10.0. The van der Waals surface area contributed by atoms with Crippen LogP contribution in [0.15, 0.2) is 52.8 Å². The summed E-state index contributed by atoms with van der Waals surface area (Å²) in [6.07, 6.45) is 8.54. The SMILES string of the molecule is C[C@H](c1ccc(F)cc1)n1cncc1C=C1CCN(S(=O)(=O)c2cnc(N3CCN(C)CC3)s2)CC1. The molecule has 2 fully saturated rings. The molecule has 0 spiro atoms. The highest BCUT2D eigenvalue weighted by molar-refractivity contribution is 7.91. The molecule has 8 nitrogen and oxygen atoms in total. The molecule has 0 bridgehead atoms. The Balaban J connectivity index is 1.24. The van der Waals surface area contributed by atoms with E-state index in [-0.39, 0.29) is 11.9 Å². The molecule has 1 aromatic carbocycles. The number of thiazole rings is 1. The van der Waals surface area contributed by atoms with Crippen molar-refractivity contribution in [3.63, 3.8) is 0 Å². The van der Waals surface area contributed by atoms with E-state index in [4.69, 9.17) is 0 Å². The normalized spacial score (nSPS) is 19.0. The number of imidazole rings is 1. The summed E-state index contributed by atoms with van der Waals surface area (Å²) in [7, 11) is -1.47. The van der Waals surface area contributed by atoms with Gasteiger partial charge in [0.05, 0.1) is 30.5 Å². The molecule has 2 aliphatic heterocycles. The van der Waals surface area contributed by atoms with Crippen molar-refractivity contribution < 1.29 is 12.8 Å². The number of halogens is 1. The first-order chi connectivity index (χ1) is 17.3. The molecule has 2 aliphatic rings. The molecule has 0 radical (unpaired) electrons. The van der Waals surface area contributed by atoms with Gasteiger partial charge in [0.25, 0.3) is 10.0 Å². The van der Waals surface area contributed by atoms with Crippen molar-refractivity contribution in [2.45, 2.75) is 30.0 Å². The molecule has 2 saturated heterocycles. The van der Waals surface area contributed by atoms with Crippen molar-refractivity contribution in [2.75, 3.05) is 51.2 Å². The Bertz CT molecular complexity index is 1320. The van der Waals surface area contributed by atoms with Crippen LogP contribution in [0.5, 0.6) is 0 Å². The highest BCUT2D eigenvalue weighted by Crippen LogP contribution is 2.32. The van der Waals surface area contributed by atoms with Crippen LogP contribution in [-0.4, -0.2) is 78.5 Å². The number of sulfonamides is 1. The highest BCUT2D eigenvalue weighted by atomic mass is 32.2. The summed E-state index contributed by atoms with van der Waals surface area (Å²) in [6, 6.07) is 6.51. The van der Waals surface area contributed by atoms with Gasteiger partial charge in [0.15, 0.2) is 9.34 Å². The Kier molecular flexibility index (Phi) is 7.25. The van der Waals surface area contributed by atoms with Gasteiger partial charge in [-0.1, -0.05) is 29.0 Å². The van der Waals surface area contributed by atoms with E-state index in [9.17, 15) is 12.8 Å². The molecule has 0 unspecified atom stereocenters. The Hall–Kier alpha value is -2.60. The van der Waals surface area contributed by atoms with Crippen LogP contribution in [0.1, 0.15) is 37.1 Å². The first kappa shape index (κ1) is 25.1. The molecule has 11 heteroatoms. The molecule has 5 rings (SSSR count). The lowest BCUT2D eigenvalue weighted by Crippen LogP contribution is -2.44. The minimum Gasteiger partial charge on any atom is -0.345 e. The quantitative estimate of drug-likeness (QED) is 0.484. The van der Waals surface area contributed by atoms with Gasteiger partial charge in [0, 0.05) is 39.3 Å². The maximum Gasteiger partial charge on any atom is 0.254 e. The topological polar surface area (TPSA) is 74.6 Å². The maximum absolute atomic E-state index is 13.3. The third-order valence-electron chi connectivity index (χ3n) is 7.02. The second-order valence-electron chi connectivity index (χ2n) is 9.41. The van der Waals surface area contributed by atoms with E-state index in [1.807, 2.05) is 6.20 Å². The second-order valence-corrected chi connectivity index (χ2v) is 12.6. The first-order valence-electron chi connectivity index (χ1n) is 12.2. The molecule has 0 amide bonds. The minimum atomic E-state index is -3.56. The number of hydrogen-bond acceptors (Lipinski definition) is 7. The second kappa shape index (κ2) is 10.4. The third kappa shape index (κ3) is 5.24. The van der Waals surface area contributed by atoms with E-state index in [1.54, 1.807) is 22.8 Å². The van der Waals surface area contributed by atoms with Crippen LogP contribution in [-0.2, 0) is 10.0 Å². The molecule has 0 N–H and O–H groups in total. The summed E-state index contributed by atoms with van der Waals surface area (Å²) < 4.78 is 43.9. The molecule has 0 aliphatic carbocycles. The molecule has 0 saturated carbocycles. The van der Waals surface area contributed by atoms with Gasteiger partial charge in [-0.15, -0.1) is 0 Å². The van der Waals surface area contributed by atoms with Gasteiger partial charge in [-0.3, -0.25) is 0 Å². The van der Waals surface area contributed by atoms with Gasteiger partial charge < -0.3 is 14.4 Å². The Labute approximate surface area is 215 Å². The van der Waals surface area contributed by atoms with Gasteiger partial charge >= 0.3 is 0 Å². The summed E-state index contributed by atoms with van der Waals surface area (Å²) in [4.78, 5) is 13.2. The highest BCUT2D eigenvalue weighted by Gasteiger charge is 2.30. The van der Waals surface area contributed by atoms with Crippen LogP contribution >= 0.6 is 11.3 Å². The Morgan fingerprint density at radius 3 is 2.42 bits per heavy atom. The fraction of sp³-hybridized carbons (Fsp3) is 0.440. The number of benzene rings is 1. The van der Waals surface area contributed by atoms with Crippen molar-refractivity contribution in [3.8, 4) is 0 Å². The average molecular weight is 531 g/mol. The van der Waals surface area contributed by atoms with Gasteiger partial charge in [0.1, 0.15) is 5.82 Å². The fourth-order valence-corrected chi connectivity index (χ4v) is 7.43. The van der Waals surface area contributed by atoms with Gasteiger partial charge in [-0.05, 0) is 50.6 Å². The van der Waals surface area contributed by atoms with E-state index in [0.29, 0.717) is 30.1 Å².